The zero-order valence-electron chi connectivity index (χ0n) is 10.3. The SMILES string of the molecule is CC(O)(CO)CNC(=O)c1ccccc1OC(F)F. The first-order chi connectivity index (χ1) is 8.85. The monoisotopic (exact) mass is 275 g/mol. The highest BCUT2D eigenvalue weighted by atomic mass is 19.3. The molecule has 0 radical (unpaired) electrons. The molecular weight excluding hydrogens is 260 g/mol. The molecule has 7 heteroatoms. The average Bonchev–Trinajstić information content (AvgIpc) is 2.36. The van der Waals surface area contributed by atoms with Gasteiger partial charge in [-0.3, -0.25) is 4.79 Å². The minimum absolute atomic E-state index is 0.0726. The second kappa shape index (κ2) is 6.44. The predicted molar refractivity (Wildman–Crippen MR) is 63.1 cm³/mol. The fourth-order valence-corrected chi connectivity index (χ4v) is 1.27. The molecule has 0 heterocycles. The molecule has 0 aliphatic heterocycles. The van der Waals surface area contributed by atoms with Gasteiger partial charge in [-0.2, -0.15) is 8.78 Å². The minimum atomic E-state index is -3.03. The maximum atomic E-state index is 12.2. The molecule has 0 aromatic heterocycles. The van der Waals surface area contributed by atoms with E-state index in [-0.39, 0.29) is 17.9 Å². The van der Waals surface area contributed by atoms with Crippen LogP contribution in [-0.2, 0) is 0 Å². The van der Waals surface area contributed by atoms with Crippen molar-refractivity contribution in [3.05, 3.63) is 29.8 Å². The Hall–Kier alpha value is -1.73. The van der Waals surface area contributed by atoms with E-state index in [0.29, 0.717) is 0 Å². The highest BCUT2D eigenvalue weighted by Gasteiger charge is 2.21. The molecule has 1 rings (SSSR count). The number of aliphatic hydroxyl groups is 2. The van der Waals surface area contributed by atoms with Crippen LogP contribution in [0.5, 0.6) is 5.75 Å². The van der Waals surface area contributed by atoms with Gasteiger partial charge in [-0.25, -0.2) is 0 Å². The summed E-state index contributed by atoms with van der Waals surface area (Å²) in [6, 6.07) is 5.52. The van der Waals surface area contributed by atoms with E-state index in [9.17, 15) is 18.7 Å². The Labute approximate surface area is 108 Å². The second-order valence-electron chi connectivity index (χ2n) is 4.21. The first kappa shape index (κ1) is 15.3. The van der Waals surface area contributed by atoms with Gasteiger partial charge in [0.05, 0.1) is 12.2 Å². The van der Waals surface area contributed by atoms with Crippen LogP contribution in [0.15, 0.2) is 24.3 Å². The number of nitrogens with one attached hydrogen (secondary N) is 1. The van der Waals surface area contributed by atoms with Crippen LogP contribution in [0.1, 0.15) is 17.3 Å². The van der Waals surface area contributed by atoms with Gasteiger partial charge < -0.3 is 20.3 Å². The number of halogens is 2. The third-order valence-electron chi connectivity index (χ3n) is 2.32. The van der Waals surface area contributed by atoms with E-state index in [1.54, 1.807) is 0 Å². The van der Waals surface area contributed by atoms with Crippen LogP contribution in [0.25, 0.3) is 0 Å². The molecule has 0 saturated heterocycles. The molecule has 1 amide bonds. The van der Waals surface area contributed by atoms with Gasteiger partial charge in [-0.05, 0) is 19.1 Å². The van der Waals surface area contributed by atoms with Crippen molar-refractivity contribution in [1.29, 1.82) is 0 Å². The Morgan fingerprint density at radius 2 is 2.11 bits per heavy atom. The van der Waals surface area contributed by atoms with Gasteiger partial charge in [0, 0.05) is 6.54 Å². The summed E-state index contributed by atoms with van der Waals surface area (Å²) in [5.74, 6) is -0.927. The van der Waals surface area contributed by atoms with Gasteiger partial charge in [-0.1, -0.05) is 12.1 Å². The lowest BCUT2D eigenvalue weighted by Crippen LogP contribution is -2.43. The molecule has 0 saturated carbocycles. The summed E-state index contributed by atoms with van der Waals surface area (Å²) in [4.78, 5) is 11.8. The van der Waals surface area contributed by atoms with E-state index in [4.69, 9.17) is 5.11 Å². The summed E-state index contributed by atoms with van der Waals surface area (Å²) in [6.45, 7) is -2.46. The fraction of sp³-hybridized carbons (Fsp3) is 0.417. The lowest BCUT2D eigenvalue weighted by atomic mass is 10.1. The number of carbonyl (C=O) groups excluding carboxylic acids is 1. The van der Waals surface area contributed by atoms with Crippen molar-refractivity contribution in [3.63, 3.8) is 0 Å². The van der Waals surface area contributed by atoms with Crippen molar-refractivity contribution in [3.8, 4) is 5.75 Å². The number of alkyl halides is 2. The molecule has 1 unspecified atom stereocenters. The Morgan fingerprint density at radius 3 is 2.68 bits per heavy atom. The first-order valence-electron chi connectivity index (χ1n) is 5.51. The Bertz CT molecular complexity index is 437. The van der Waals surface area contributed by atoms with E-state index >= 15 is 0 Å². The molecule has 0 fully saturated rings. The van der Waals surface area contributed by atoms with Gasteiger partial charge in [0.2, 0.25) is 0 Å². The molecule has 0 aliphatic carbocycles. The number of ether oxygens (including phenoxy) is 1. The molecule has 5 nitrogen and oxygen atoms in total. The number of amides is 1. The summed E-state index contributed by atoms with van der Waals surface area (Å²) in [5.41, 5.74) is -1.55. The first-order valence-corrected chi connectivity index (χ1v) is 5.51. The summed E-state index contributed by atoms with van der Waals surface area (Å²) >= 11 is 0. The number of rotatable bonds is 6. The van der Waals surface area contributed by atoms with Crippen molar-refractivity contribution in [1.82, 2.24) is 5.32 Å². The zero-order chi connectivity index (χ0) is 14.5. The summed E-state index contributed by atoms with van der Waals surface area (Å²) in [7, 11) is 0. The van der Waals surface area contributed by atoms with E-state index in [1.165, 1.54) is 31.2 Å². The van der Waals surface area contributed by atoms with Crippen LogP contribution in [0, 0.1) is 0 Å². The highest BCUT2D eigenvalue weighted by Crippen LogP contribution is 2.20. The number of benzene rings is 1. The fourth-order valence-electron chi connectivity index (χ4n) is 1.27. The number of aliphatic hydroxyl groups excluding tert-OH is 1. The minimum Gasteiger partial charge on any atom is -0.434 e. The smallest absolute Gasteiger partial charge is 0.387 e. The third kappa shape index (κ3) is 4.80. The number of hydrogen-bond donors (Lipinski definition) is 3. The van der Waals surface area contributed by atoms with Crippen molar-refractivity contribution in [2.24, 2.45) is 0 Å². The summed E-state index contributed by atoms with van der Waals surface area (Å²) in [5, 5.41) is 20.7. The standard InChI is InChI=1S/C12H15F2NO4/c1-12(18,7-16)6-15-10(17)8-4-2-3-5-9(8)19-11(13)14/h2-5,11,16,18H,6-7H2,1H3,(H,15,17). The molecule has 0 aliphatic rings. The number of hydrogen-bond acceptors (Lipinski definition) is 4. The molecular formula is C12H15F2NO4. The topological polar surface area (TPSA) is 78.8 Å². The van der Waals surface area contributed by atoms with Gasteiger partial charge in [0.25, 0.3) is 5.91 Å². The quantitative estimate of drug-likeness (QED) is 0.716. The van der Waals surface area contributed by atoms with Crippen molar-refractivity contribution >= 4 is 5.91 Å². The van der Waals surface area contributed by atoms with Gasteiger partial charge >= 0.3 is 6.61 Å². The summed E-state index contributed by atoms with van der Waals surface area (Å²) in [6.07, 6.45) is 0. The van der Waals surface area contributed by atoms with Crippen LogP contribution in [-0.4, -0.2) is 41.5 Å². The maximum Gasteiger partial charge on any atom is 0.387 e. The molecule has 1 aromatic carbocycles. The van der Waals surface area contributed by atoms with Crippen LogP contribution in [0.4, 0.5) is 8.78 Å². The van der Waals surface area contributed by atoms with E-state index < -0.39 is 24.7 Å². The van der Waals surface area contributed by atoms with Gasteiger partial charge in [0.15, 0.2) is 0 Å². The largest absolute Gasteiger partial charge is 0.434 e. The molecule has 1 aromatic rings. The second-order valence-corrected chi connectivity index (χ2v) is 4.21. The summed E-state index contributed by atoms with van der Waals surface area (Å²) < 4.78 is 28.6. The van der Waals surface area contributed by atoms with Crippen LogP contribution < -0.4 is 10.1 Å². The lowest BCUT2D eigenvalue weighted by Gasteiger charge is -2.21. The van der Waals surface area contributed by atoms with E-state index in [0.717, 1.165) is 0 Å². The molecule has 1 atom stereocenters. The highest BCUT2D eigenvalue weighted by molar-refractivity contribution is 5.96. The van der Waals surface area contributed by atoms with Crippen molar-refractivity contribution in [2.75, 3.05) is 13.2 Å². The molecule has 0 bridgehead atoms. The molecule has 19 heavy (non-hydrogen) atoms. The lowest BCUT2D eigenvalue weighted by molar-refractivity contribution is -0.0502. The van der Waals surface area contributed by atoms with Crippen LogP contribution >= 0.6 is 0 Å². The Balaban J connectivity index is 2.77. The molecule has 0 spiro atoms. The number of para-hydroxylation sites is 1. The van der Waals surface area contributed by atoms with Gasteiger partial charge in [-0.15, -0.1) is 0 Å². The molecule has 106 valence electrons. The molecule has 3 N–H and O–H groups in total. The van der Waals surface area contributed by atoms with Gasteiger partial charge in [0.1, 0.15) is 11.4 Å². The average molecular weight is 275 g/mol. The predicted octanol–water partition coefficient (Wildman–Crippen LogP) is 0.761. The maximum absolute atomic E-state index is 12.2. The number of carbonyl (C=O) groups is 1. The van der Waals surface area contributed by atoms with E-state index in [1.807, 2.05) is 0 Å². The van der Waals surface area contributed by atoms with E-state index in [2.05, 4.69) is 10.1 Å². The van der Waals surface area contributed by atoms with Crippen molar-refractivity contribution in [2.45, 2.75) is 19.1 Å². The normalized spacial score (nSPS) is 14.0. The Morgan fingerprint density at radius 1 is 1.47 bits per heavy atom. The zero-order valence-corrected chi connectivity index (χ0v) is 10.3. The van der Waals surface area contributed by atoms with Crippen LogP contribution in [0.2, 0.25) is 0 Å². The van der Waals surface area contributed by atoms with Crippen LogP contribution in [0.3, 0.4) is 0 Å². The van der Waals surface area contributed by atoms with Crippen molar-refractivity contribution < 1.29 is 28.5 Å². The third-order valence-corrected chi connectivity index (χ3v) is 2.32. The Kier molecular flexibility index (Phi) is 5.20.